The quantitative estimate of drug-likeness (QED) is 0.706. The van der Waals surface area contributed by atoms with Gasteiger partial charge >= 0.3 is 5.97 Å². The molecule has 0 saturated carbocycles. The fourth-order valence-electron chi connectivity index (χ4n) is 1.72. The highest BCUT2D eigenvalue weighted by molar-refractivity contribution is 5.91. The third kappa shape index (κ3) is 2.20. The van der Waals surface area contributed by atoms with Crippen LogP contribution in [0.5, 0.6) is 0 Å². The Labute approximate surface area is 78.3 Å². The van der Waals surface area contributed by atoms with E-state index in [-0.39, 0.29) is 11.8 Å². The Hall–Kier alpha value is -1.06. The number of carboxylic acids is 1. The molecule has 1 N–H and O–H groups in total. The van der Waals surface area contributed by atoms with Crippen molar-refractivity contribution >= 4 is 11.8 Å². The van der Waals surface area contributed by atoms with E-state index < -0.39 is 5.97 Å². The highest BCUT2D eigenvalue weighted by Crippen LogP contribution is 2.26. The number of nitrogens with zero attached hydrogens (tertiary/aromatic N) is 2. The smallest absolute Gasteiger partial charge is 0.304 e. The van der Waals surface area contributed by atoms with Crippen molar-refractivity contribution in [1.82, 2.24) is 4.90 Å². The monoisotopic (exact) mass is 184 g/mol. The molecule has 0 aromatic carbocycles. The number of carbonyl (C=O) groups is 1. The number of hydrogen-bond acceptors (Lipinski definition) is 3. The molecule has 0 saturated heterocycles. The molecule has 13 heavy (non-hydrogen) atoms. The number of rotatable bonds is 3. The maximum absolute atomic E-state index is 10.6. The van der Waals surface area contributed by atoms with Gasteiger partial charge in [0.25, 0.3) is 0 Å². The van der Waals surface area contributed by atoms with Crippen molar-refractivity contribution in [3.05, 3.63) is 0 Å². The molecule has 1 rings (SSSR count). The van der Waals surface area contributed by atoms with Crippen molar-refractivity contribution in [1.29, 1.82) is 0 Å². The first kappa shape index (κ1) is 10.0. The molecule has 4 heteroatoms. The van der Waals surface area contributed by atoms with Crippen molar-refractivity contribution < 1.29 is 9.90 Å². The molecule has 0 unspecified atom stereocenters. The van der Waals surface area contributed by atoms with Gasteiger partial charge in [0.2, 0.25) is 0 Å². The average Bonchev–Trinajstić information content (AvgIpc) is 2.32. The van der Waals surface area contributed by atoms with Gasteiger partial charge in [0.05, 0.1) is 13.0 Å². The zero-order valence-corrected chi connectivity index (χ0v) is 8.37. The van der Waals surface area contributed by atoms with E-state index in [1.54, 1.807) is 0 Å². The summed E-state index contributed by atoms with van der Waals surface area (Å²) in [5.41, 5.74) is -0.350. The molecule has 0 amide bonds. The van der Waals surface area contributed by atoms with Crippen LogP contribution in [0.4, 0.5) is 0 Å². The summed E-state index contributed by atoms with van der Waals surface area (Å²) in [6, 6.07) is 0. The van der Waals surface area contributed by atoms with Crippen LogP contribution in [0.2, 0.25) is 0 Å². The molecule has 4 nitrogen and oxygen atoms in total. The van der Waals surface area contributed by atoms with E-state index in [9.17, 15) is 4.79 Å². The van der Waals surface area contributed by atoms with Gasteiger partial charge in [-0.25, -0.2) is 0 Å². The highest BCUT2D eigenvalue weighted by Gasteiger charge is 2.32. The van der Waals surface area contributed by atoms with E-state index in [4.69, 9.17) is 5.11 Å². The van der Waals surface area contributed by atoms with Gasteiger partial charge in [-0.05, 0) is 0 Å². The maximum atomic E-state index is 10.6. The Morgan fingerprint density at radius 3 is 2.69 bits per heavy atom. The van der Waals surface area contributed by atoms with Crippen molar-refractivity contribution in [2.24, 2.45) is 10.4 Å². The Morgan fingerprint density at radius 2 is 2.31 bits per heavy atom. The van der Waals surface area contributed by atoms with E-state index >= 15 is 0 Å². The molecular weight excluding hydrogens is 168 g/mol. The van der Waals surface area contributed by atoms with E-state index in [0.717, 1.165) is 18.9 Å². The molecule has 1 aliphatic heterocycles. The fraction of sp³-hybridized carbons (Fsp3) is 0.778. The van der Waals surface area contributed by atoms with Crippen LogP contribution in [0.1, 0.15) is 20.3 Å². The van der Waals surface area contributed by atoms with E-state index in [1.165, 1.54) is 0 Å². The SMILES string of the molecule is CN1CCN=C1C(C)(C)CC(=O)O. The molecular formula is C9H16N2O2. The third-order valence-corrected chi connectivity index (χ3v) is 2.26. The van der Waals surface area contributed by atoms with E-state index in [1.807, 2.05) is 25.8 Å². The number of aliphatic carboxylic acids is 1. The minimum Gasteiger partial charge on any atom is -0.481 e. The average molecular weight is 184 g/mol. The lowest BCUT2D eigenvalue weighted by molar-refractivity contribution is -0.138. The van der Waals surface area contributed by atoms with Gasteiger partial charge < -0.3 is 10.0 Å². The summed E-state index contributed by atoms with van der Waals surface area (Å²) in [6.45, 7) is 5.52. The van der Waals surface area contributed by atoms with Crippen molar-refractivity contribution in [3.8, 4) is 0 Å². The van der Waals surface area contributed by atoms with E-state index in [0.29, 0.717) is 0 Å². The summed E-state index contributed by atoms with van der Waals surface area (Å²) in [5, 5.41) is 8.72. The molecule has 0 radical (unpaired) electrons. The summed E-state index contributed by atoms with van der Waals surface area (Å²) in [4.78, 5) is 17.0. The van der Waals surface area contributed by atoms with Crippen molar-refractivity contribution in [2.45, 2.75) is 20.3 Å². The van der Waals surface area contributed by atoms with Crippen LogP contribution in [-0.4, -0.2) is 41.9 Å². The number of likely N-dealkylation sites (N-methyl/N-ethyl adjacent to an activating group) is 1. The van der Waals surface area contributed by atoms with Crippen molar-refractivity contribution in [2.75, 3.05) is 20.1 Å². The summed E-state index contributed by atoms with van der Waals surface area (Å²) in [5.74, 6) is 0.142. The van der Waals surface area contributed by atoms with Gasteiger partial charge in [0, 0.05) is 19.0 Å². The molecule has 0 fully saturated rings. The number of hydrogen-bond donors (Lipinski definition) is 1. The molecule has 0 atom stereocenters. The second-order valence-corrected chi connectivity index (χ2v) is 4.08. The largest absolute Gasteiger partial charge is 0.481 e. The second-order valence-electron chi connectivity index (χ2n) is 4.08. The molecule has 1 heterocycles. The Balaban J connectivity index is 2.73. The van der Waals surface area contributed by atoms with Crippen LogP contribution in [0.3, 0.4) is 0 Å². The van der Waals surface area contributed by atoms with Crippen LogP contribution < -0.4 is 0 Å². The number of amidine groups is 1. The molecule has 0 aromatic heterocycles. The fourth-order valence-corrected chi connectivity index (χ4v) is 1.72. The Morgan fingerprint density at radius 1 is 1.69 bits per heavy atom. The standard InChI is InChI=1S/C9H16N2O2/c1-9(2,6-7(12)13)8-10-4-5-11(8)3/h4-6H2,1-3H3,(H,12,13). The number of aliphatic imine (C=N–C) groups is 1. The first-order valence-electron chi connectivity index (χ1n) is 4.41. The molecule has 0 bridgehead atoms. The van der Waals surface area contributed by atoms with Crippen LogP contribution in [0.25, 0.3) is 0 Å². The topological polar surface area (TPSA) is 52.9 Å². The normalized spacial score (nSPS) is 17.5. The molecule has 74 valence electrons. The van der Waals surface area contributed by atoms with E-state index in [2.05, 4.69) is 4.99 Å². The van der Waals surface area contributed by atoms with Gasteiger partial charge in [-0.2, -0.15) is 0 Å². The summed E-state index contributed by atoms with van der Waals surface area (Å²) >= 11 is 0. The molecule has 0 aliphatic carbocycles. The minimum atomic E-state index is -0.770. The van der Waals surface area contributed by atoms with Gasteiger partial charge in [-0.1, -0.05) is 13.8 Å². The highest BCUT2D eigenvalue weighted by atomic mass is 16.4. The lowest BCUT2D eigenvalue weighted by atomic mass is 9.87. The zero-order valence-electron chi connectivity index (χ0n) is 8.37. The van der Waals surface area contributed by atoms with Crippen LogP contribution in [-0.2, 0) is 4.79 Å². The first-order chi connectivity index (χ1) is 5.93. The molecule has 0 aromatic rings. The summed E-state index contributed by atoms with van der Waals surface area (Å²) in [6.07, 6.45) is 0.135. The lowest BCUT2D eigenvalue weighted by Crippen LogP contribution is -2.37. The van der Waals surface area contributed by atoms with Crippen LogP contribution >= 0.6 is 0 Å². The summed E-state index contributed by atoms with van der Waals surface area (Å²) < 4.78 is 0. The summed E-state index contributed by atoms with van der Waals surface area (Å²) in [7, 11) is 1.95. The first-order valence-corrected chi connectivity index (χ1v) is 4.41. The van der Waals surface area contributed by atoms with Gasteiger partial charge in [0.15, 0.2) is 0 Å². The van der Waals surface area contributed by atoms with Crippen LogP contribution in [0, 0.1) is 5.41 Å². The molecule has 0 spiro atoms. The molecule has 1 aliphatic rings. The second kappa shape index (κ2) is 3.36. The Kier molecular flexibility index (Phi) is 2.59. The predicted molar refractivity (Wildman–Crippen MR) is 51.0 cm³/mol. The predicted octanol–water partition coefficient (Wildman–Crippen LogP) is 0.831. The zero-order chi connectivity index (χ0) is 10.1. The van der Waals surface area contributed by atoms with Gasteiger partial charge in [-0.3, -0.25) is 9.79 Å². The van der Waals surface area contributed by atoms with Gasteiger partial charge in [0.1, 0.15) is 5.84 Å². The Bertz CT molecular complexity index is 246. The van der Waals surface area contributed by atoms with Gasteiger partial charge in [-0.15, -0.1) is 0 Å². The third-order valence-electron chi connectivity index (χ3n) is 2.26. The van der Waals surface area contributed by atoms with Crippen molar-refractivity contribution in [3.63, 3.8) is 0 Å². The number of carboxylic acid groups (broad SMARTS) is 1. The minimum absolute atomic E-state index is 0.135. The van der Waals surface area contributed by atoms with Crippen LogP contribution in [0.15, 0.2) is 4.99 Å². The maximum Gasteiger partial charge on any atom is 0.304 e. The lowest BCUT2D eigenvalue weighted by Gasteiger charge is -2.28.